The molecule has 0 aromatic heterocycles. The minimum Gasteiger partial charge on any atom is -0.313 e. The lowest BCUT2D eigenvalue weighted by Gasteiger charge is -2.18. The first-order chi connectivity index (χ1) is 9.10. The molecule has 3 heteroatoms. The molecular weight excluding hydrogens is 277 g/mol. The molecule has 1 N–H and O–H groups in total. The smallest absolute Gasteiger partial charge is 0.0441 e. The van der Waals surface area contributed by atoms with Crippen molar-refractivity contribution < 1.29 is 0 Å². The summed E-state index contributed by atoms with van der Waals surface area (Å²) in [5.74, 6) is 0. The molecule has 0 saturated carbocycles. The minimum atomic E-state index is 0.234. The van der Waals surface area contributed by atoms with Crippen LogP contribution in [0.3, 0.4) is 0 Å². The fourth-order valence-corrected chi connectivity index (χ4v) is 2.56. The topological polar surface area (TPSA) is 12.0 Å². The van der Waals surface area contributed by atoms with E-state index in [1.165, 1.54) is 11.1 Å². The van der Waals surface area contributed by atoms with Crippen molar-refractivity contribution in [3.63, 3.8) is 0 Å². The number of rotatable bonds is 4. The third-order valence-corrected chi connectivity index (χ3v) is 3.86. The summed E-state index contributed by atoms with van der Waals surface area (Å²) in [6.45, 7) is 2.05. The van der Waals surface area contributed by atoms with Gasteiger partial charge in [0.05, 0.1) is 0 Å². The van der Waals surface area contributed by atoms with E-state index in [0.717, 1.165) is 22.0 Å². The molecule has 100 valence electrons. The van der Waals surface area contributed by atoms with E-state index in [1.807, 2.05) is 44.3 Å². The molecule has 0 bridgehead atoms. The molecule has 0 amide bonds. The number of aryl methyl sites for hydroxylation is 1. The zero-order valence-electron chi connectivity index (χ0n) is 11.1. The zero-order valence-corrected chi connectivity index (χ0v) is 12.6. The van der Waals surface area contributed by atoms with Gasteiger partial charge in [0.25, 0.3) is 0 Å². The van der Waals surface area contributed by atoms with Crippen molar-refractivity contribution in [1.82, 2.24) is 5.32 Å². The predicted molar refractivity (Wildman–Crippen MR) is 83.1 cm³/mol. The van der Waals surface area contributed by atoms with Crippen LogP contribution in [-0.4, -0.2) is 7.05 Å². The van der Waals surface area contributed by atoms with Gasteiger partial charge in [-0.1, -0.05) is 47.5 Å². The van der Waals surface area contributed by atoms with E-state index in [4.69, 9.17) is 23.2 Å². The molecular formula is C16H17Cl2N. The van der Waals surface area contributed by atoms with Crippen LogP contribution in [0.2, 0.25) is 10.0 Å². The number of nitrogens with one attached hydrogen (secondary N) is 1. The van der Waals surface area contributed by atoms with Crippen LogP contribution in [0.5, 0.6) is 0 Å². The Kier molecular flexibility index (Phi) is 4.87. The van der Waals surface area contributed by atoms with Crippen molar-refractivity contribution in [3.05, 3.63) is 69.2 Å². The SMILES string of the molecule is CNC(Cc1ccc(C)cc1Cl)c1ccc(Cl)cc1. The Hall–Kier alpha value is -1.02. The van der Waals surface area contributed by atoms with Gasteiger partial charge in [0.15, 0.2) is 0 Å². The summed E-state index contributed by atoms with van der Waals surface area (Å²) in [5, 5.41) is 4.91. The summed E-state index contributed by atoms with van der Waals surface area (Å²) >= 11 is 12.2. The molecule has 0 radical (unpaired) electrons. The molecule has 2 aromatic carbocycles. The molecule has 0 fully saturated rings. The summed E-state index contributed by atoms with van der Waals surface area (Å²) in [6.07, 6.45) is 0.858. The summed E-state index contributed by atoms with van der Waals surface area (Å²) in [7, 11) is 1.96. The van der Waals surface area contributed by atoms with Crippen LogP contribution in [0.15, 0.2) is 42.5 Å². The van der Waals surface area contributed by atoms with Crippen LogP contribution in [-0.2, 0) is 6.42 Å². The third-order valence-electron chi connectivity index (χ3n) is 3.25. The maximum atomic E-state index is 6.29. The first kappa shape index (κ1) is 14.4. The van der Waals surface area contributed by atoms with Crippen molar-refractivity contribution >= 4 is 23.2 Å². The molecule has 1 nitrogen and oxygen atoms in total. The van der Waals surface area contributed by atoms with Gasteiger partial charge in [-0.3, -0.25) is 0 Å². The standard InChI is InChI=1S/C16H17Cl2N/c1-11-3-4-13(15(18)9-11)10-16(19-2)12-5-7-14(17)8-6-12/h3-9,16,19H,10H2,1-2H3. The van der Waals surface area contributed by atoms with Gasteiger partial charge in [-0.15, -0.1) is 0 Å². The highest BCUT2D eigenvalue weighted by Crippen LogP contribution is 2.25. The highest BCUT2D eigenvalue weighted by Gasteiger charge is 2.12. The Morgan fingerprint density at radius 1 is 1.05 bits per heavy atom. The Balaban J connectivity index is 2.21. The monoisotopic (exact) mass is 293 g/mol. The van der Waals surface area contributed by atoms with Gasteiger partial charge in [0.1, 0.15) is 0 Å². The largest absolute Gasteiger partial charge is 0.313 e. The number of hydrogen-bond acceptors (Lipinski definition) is 1. The van der Waals surface area contributed by atoms with Gasteiger partial charge in [-0.25, -0.2) is 0 Å². The third kappa shape index (κ3) is 3.73. The zero-order chi connectivity index (χ0) is 13.8. The van der Waals surface area contributed by atoms with Crippen molar-refractivity contribution in [2.75, 3.05) is 7.05 Å². The fraction of sp³-hybridized carbons (Fsp3) is 0.250. The van der Waals surface area contributed by atoms with Crippen LogP contribution in [0.4, 0.5) is 0 Å². The van der Waals surface area contributed by atoms with E-state index in [9.17, 15) is 0 Å². The fourth-order valence-electron chi connectivity index (χ4n) is 2.12. The van der Waals surface area contributed by atoms with E-state index in [0.29, 0.717) is 0 Å². The maximum Gasteiger partial charge on any atom is 0.0441 e. The molecule has 1 unspecified atom stereocenters. The van der Waals surface area contributed by atoms with Crippen LogP contribution in [0.25, 0.3) is 0 Å². The normalized spacial score (nSPS) is 12.4. The predicted octanol–water partition coefficient (Wildman–Crippen LogP) is 4.81. The number of likely N-dealkylation sites (N-methyl/N-ethyl adjacent to an activating group) is 1. The summed E-state index contributed by atoms with van der Waals surface area (Å²) in [5.41, 5.74) is 3.55. The average molecular weight is 294 g/mol. The van der Waals surface area contributed by atoms with Crippen LogP contribution >= 0.6 is 23.2 Å². The molecule has 19 heavy (non-hydrogen) atoms. The van der Waals surface area contributed by atoms with Gasteiger partial charge in [-0.2, -0.15) is 0 Å². The first-order valence-corrected chi connectivity index (χ1v) is 7.03. The van der Waals surface area contributed by atoms with Gasteiger partial charge < -0.3 is 5.32 Å². The minimum absolute atomic E-state index is 0.234. The highest BCUT2D eigenvalue weighted by atomic mass is 35.5. The highest BCUT2D eigenvalue weighted by molar-refractivity contribution is 6.31. The molecule has 0 heterocycles. The molecule has 0 aliphatic rings. The second-order valence-electron chi connectivity index (χ2n) is 4.69. The van der Waals surface area contributed by atoms with E-state index in [-0.39, 0.29) is 6.04 Å². The molecule has 1 atom stereocenters. The first-order valence-electron chi connectivity index (χ1n) is 6.28. The van der Waals surface area contributed by atoms with Gasteiger partial charge >= 0.3 is 0 Å². The Bertz CT molecular complexity index is 549. The van der Waals surface area contributed by atoms with Crippen molar-refractivity contribution in [2.24, 2.45) is 0 Å². The summed E-state index contributed by atoms with van der Waals surface area (Å²) in [6, 6.07) is 14.4. The molecule has 0 spiro atoms. The molecule has 0 aliphatic carbocycles. The van der Waals surface area contributed by atoms with E-state index in [2.05, 4.69) is 17.4 Å². The van der Waals surface area contributed by atoms with Crippen molar-refractivity contribution in [3.8, 4) is 0 Å². The lowest BCUT2D eigenvalue weighted by Crippen LogP contribution is -2.18. The molecule has 2 aromatic rings. The van der Waals surface area contributed by atoms with Gasteiger partial charge in [0.2, 0.25) is 0 Å². The lowest BCUT2D eigenvalue weighted by atomic mass is 9.98. The Morgan fingerprint density at radius 3 is 2.32 bits per heavy atom. The van der Waals surface area contributed by atoms with E-state index < -0.39 is 0 Å². The molecule has 2 rings (SSSR count). The van der Waals surface area contributed by atoms with E-state index >= 15 is 0 Å². The number of hydrogen-bond donors (Lipinski definition) is 1. The Labute approximate surface area is 124 Å². The van der Waals surface area contributed by atoms with Crippen LogP contribution in [0, 0.1) is 6.92 Å². The Morgan fingerprint density at radius 2 is 1.74 bits per heavy atom. The quantitative estimate of drug-likeness (QED) is 0.853. The second kappa shape index (κ2) is 6.42. The molecule has 0 saturated heterocycles. The van der Waals surface area contributed by atoms with E-state index in [1.54, 1.807) is 0 Å². The second-order valence-corrected chi connectivity index (χ2v) is 5.54. The summed E-state index contributed by atoms with van der Waals surface area (Å²) in [4.78, 5) is 0. The maximum absolute atomic E-state index is 6.29. The van der Waals surface area contributed by atoms with Gasteiger partial charge in [0, 0.05) is 16.1 Å². The summed E-state index contributed by atoms with van der Waals surface area (Å²) < 4.78 is 0. The van der Waals surface area contributed by atoms with Gasteiger partial charge in [-0.05, 0) is 55.3 Å². The van der Waals surface area contributed by atoms with Crippen molar-refractivity contribution in [2.45, 2.75) is 19.4 Å². The number of benzene rings is 2. The lowest BCUT2D eigenvalue weighted by molar-refractivity contribution is 0.592. The molecule has 0 aliphatic heterocycles. The average Bonchev–Trinajstić information content (AvgIpc) is 2.39. The van der Waals surface area contributed by atoms with Crippen molar-refractivity contribution in [1.29, 1.82) is 0 Å². The van der Waals surface area contributed by atoms with Crippen LogP contribution < -0.4 is 5.32 Å². The van der Waals surface area contributed by atoms with Crippen LogP contribution in [0.1, 0.15) is 22.7 Å². The number of halogens is 2.